The molecule has 0 spiro atoms. The number of hydrogen-bond donors (Lipinski definition) is 0. The minimum Gasteiger partial charge on any atom is -0.469 e. The van der Waals surface area contributed by atoms with Gasteiger partial charge < -0.3 is 9.47 Å². The van der Waals surface area contributed by atoms with Crippen molar-refractivity contribution in [1.82, 2.24) is 0 Å². The third kappa shape index (κ3) is 3.50. The Morgan fingerprint density at radius 2 is 1.76 bits per heavy atom. The van der Waals surface area contributed by atoms with E-state index in [1.165, 1.54) is 7.11 Å². The Bertz CT molecular complexity index is 759. The summed E-state index contributed by atoms with van der Waals surface area (Å²) < 4.78 is 10.4. The molecule has 2 atom stereocenters. The van der Waals surface area contributed by atoms with Crippen LogP contribution in [0.3, 0.4) is 0 Å². The van der Waals surface area contributed by atoms with E-state index < -0.39 is 6.09 Å². The maximum absolute atomic E-state index is 12.7. The number of carbonyl (C=O) groups is 2. The number of carbonyl (C=O) groups excluding carboxylic acids is 2. The van der Waals surface area contributed by atoms with Crippen LogP contribution >= 0.6 is 0 Å². The summed E-state index contributed by atoms with van der Waals surface area (Å²) in [6.07, 6.45) is 0.0940. The highest BCUT2D eigenvalue weighted by molar-refractivity contribution is 5.93. The van der Waals surface area contributed by atoms with Crippen LogP contribution in [-0.4, -0.2) is 25.2 Å². The summed E-state index contributed by atoms with van der Waals surface area (Å²) in [5.74, 6) is -0.647. The molecule has 0 fully saturated rings. The van der Waals surface area contributed by atoms with Crippen molar-refractivity contribution in [3.05, 3.63) is 65.7 Å². The number of nitrogens with zero attached hydrogens (tertiary/aromatic N) is 1. The largest absolute Gasteiger partial charge is 0.469 e. The third-order valence-electron chi connectivity index (χ3n) is 4.48. The number of anilines is 1. The number of hydrogen-bond acceptors (Lipinski definition) is 4. The molecule has 5 nitrogen and oxygen atoms in total. The molecule has 1 heterocycles. The number of ether oxygens (including phenoxy) is 2. The van der Waals surface area contributed by atoms with Gasteiger partial charge in [-0.25, -0.2) is 4.79 Å². The average Bonchev–Trinajstić information content (AvgIpc) is 2.65. The predicted octanol–water partition coefficient (Wildman–Crippen LogP) is 3.88. The molecule has 1 aliphatic rings. The summed E-state index contributed by atoms with van der Waals surface area (Å²) in [6.45, 7) is 2.13. The Morgan fingerprint density at radius 1 is 1.08 bits per heavy atom. The lowest BCUT2D eigenvalue weighted by molar-refractivity contribution is -0.142. The summed E-state index contributed by atoms with van der Waals surface area (Å²) in [5, 5.41) is 0. The summed E-state index contributed by atoms with van der Waals surface area (Å²) >= 11 is 0. The van der Waals surface area contributed by atoms with Gasteiger partial charge in [0, 0.05) is 6.04 Å². The van der Waals surface area contributed by atoms with Crippen LogP contribution in [0.1, 0.15) is 30.4 Å². The topological polar surface area (TPSA) is 55.8 Å². The lowest BCUT2D eigenvalue weighted by atomic mass is 9.86. The second-order valence-corrected chi connectivity index (χ2v) is 6.13. The zero-order chi connectivity index (χ0) is 17.8. The van der Waals surface area contributed by atoms with Gasteiger partial charge in [-0.2, -0.15) is 0 Å². The van der Waals surface area contributed by atoms with Crippen LogP contribution in [0.25, 0.3) is 0 Å². The van der Waals surface area contributed by atoms with Crippen LogP contribution in [0.5, 0.6) is 0 Å². The Hall–Kier alpha value is -2.82. The number of fused-ring (bicyclic) bond motifs is 1. The van der Waals surface area contributed by atoms with Gasteiger partial charge in [-0.1, -0.05) is 48.5 Å². The predicted molar refractivity (Wildman–Crippen MR) is 94.4 cm³/mol. The van der Waals surface area contributed by atoms with E-state index in [4.69, 9.17) is 9.47 Å². The van der Waals surface area contributed by atoms with Gasteiger partial charge in [0.2, 0.25) is 0 Å². The van der Waals surface area contributed by atoms with Gasteiger partial charge in [0.25, 0.3) is 0 Å². The fourth-order valence-corrected chi connectivity index (χ4v) is 3.25. The normalized spacial score (nSPS) is 19.0. The first kappa shape index (κ1) is 17.0. The van der Waals surface area contributed by atoms with E-state index in [0.29, 0.717) is 12.1 Å². The zero-order valence-corrected chi connectivity index (χ0v) is 14.3. The SMILES string of the molecule is COC(=O)C1CC(C)N(C(=O)OCc2ccccc2)c2ccccc21. The fraction of sp³-hybridized carbons (Fsp3) is 0.300. The summed E-state index contributed by atoms with van der Waals surface area (Å²) in [6, 6.07) is 16.8. The highest BCUT2D eigenvalue weighted by Crippen LogP contribution is 2.39. The monoisotopic (exact) mass is 339 g/mol. The van der Waals surface area contributed by atoms with E-state index in [9.17, 15) is 9.59 Å². The molecule has 130 valence electrons. The Labute approximate surface area is 147 Å². The minimum atomic E-state index is -0.410. The number of para-hydroxylation sites is 1. The Kier molecular flexibility index (Phi) is 5.03. The molecule has 2 aromatic rings. The molecule has 0 bridgehead atoms. The maximum atomic E-state index is 12.7. The van der Waals surface area contributed by atoms with Gasteiger partial charge in [-0.05, 0) is 30.5 Å². The van der Waals surface area contributed by atoms with E-state index in [0.717, 1.165) is 11.1 Å². The van der Waals surface area contributed by atoms with E-state index in [-0.39, 0.29) is 24.5 Å². The Morgan fingerprint density at radius 3 is 2.48 bits per heavy atom. The third-order valence-corrected chi connectivity index (χ3v) is 4.48. The maximum Gasteiger partial charge on any atom is 0.414 e. The van der Waals surface area contributed by atoms with Crippen molar-refractivity contribution >= 4 is 17.7 Å². The van der Waals surface area contributed by atoms with Gasteiger partial charge in [-0.15, -0.1) is 0 Å². The van der Waals surface area contributed by atoms with Crippen molar-refractivity contribution < 1.29 is 19.1 Å². The highest BCUT2D eigenvalue weighted by atomic mass is 16.6. The van der Waals surface area contributed by atoms with Crippen LogP contribution in [0.15, 0.2) is 54.6 Å². The first-order chi connectivity index (χ1) is 12.1. The molecule has 3 rings (SSSR count). The summed E-state index contributed by atoms with van der Waals surface area (Å²) in [4.78, 5) is 26.4. The molecule has 0 saturated heterocycles. The van der Waals surface area contributed by atoms with Crippen molar-refractivity contribution in [3.8, 4) is 0 Å². The van der Waals surface area contributed by atoms with Crippen LogP contribution < -0.4 is 4.90 Å². The summed E-state index contributed by atoms with van der Waals surface area (Å²) in [7, 11) is 1.39. The number of benzene rings is 2. The quantitative estimate of drug-likeness (QED) is 0.797. The molecule has 0 N–H and O–H groups in total. The van der Waals surface area contributed by atoms with Crippen LogP contribution in [0.2, 0.25) is 0 Å². The van der Waals surface area contributed by atoms with Gasteiger partial charge in [0.05, 0.1) is 18.7 Å². The number of esters is 1. The molecule has 0 saturated carbocycles. The molecular weight excluding hydrogens is 318 g/mol. The average molecular weight is 339 g/mol. The molecule has 0 aromatic heterocycles. The smallest absolute Gasteiger partial charge is 0.414 e. The molecule has 0 radical (unpaired) electrons. The molecule has 2 unspecified atom stereocenters. The van der Waals surface area contributed by atoms with E-state index in [2.05, 4.69) is 0 Å². The molecule has 25 heavy (non-hydrogen) atoms. The van der Waals surface area contributed by atoms with E-state index in [1.54, 1.807) is 4.90 Å². The van der Waals surface area contributed by atoms with E-state index >= 15 is 0 Å². The molecular formula is C20H21NO4. The lowest BCUT2D eigenvalue weighted by Crippen LogP contribution is -2.44. The zero-order valence-electron chi connectivity index (χ0n) is 14.3. The molecule has 0 aliphatic carbocycles. The van der Waals surface area contributed by atoms with Crippen LogP contribution in [-0.2, 0) is 20.9 Å². The highest BCUT2D eigenvalue weighted by Gasteiger charge is 2.38. The van der Waals surface area contributed by atoms with Gasteiger partial charge >= 0.3 is 12.1 Å². The van der Waals surface area contributed by atoms with Gasteiger partial charge in [-0.3, -0.25) is 9.69 Å². The van der Waals surface area contributed by atoms with Crippen LogP contribution in [0.4, 0.5) is 10.5 Å². The number of rotatable bonds is 3. The molecule has 1 amide bonds. The molecule has 1 aliphatic heterocycles. The minimum absolute atomic E-state index is 0.165. The fourth-order valence-electron chi connectivity index (χ4n) is 3.25. The van der Waals surface area contributed by atoms with Crippen molar-refractivity contribution in [3.63, 3.8) is 0 Å². The van der Waals surface area contributed by atoms with Crippen LogP contribution in [0, 0.1) is 0 Å². The lowest BCUT2D eigenvalue weighted by Gasteiger charge is -2.37. The number of methoxy groups -OCH3 is 1. The first-order valence-electron chi connectivity index (χ1n) is 8.28. The standard InChI is InChI=1S/C20H21NO4/c1-14-12-17(19(22)24-2)16-10-6-7-11-18(16)21(14)20(23)25-13-15-8-4-3-5-9-15/h3-11,14,17H,12-13H2,1-2H3. The van der Waals surface area contributed by atoms with E-state index in [1.807, 2.05) is 61.5 Å². The Balaban J connectivity index is 1.83. The van der Waals surface area contributed by atoms with Crippen molar-refractivity contribution in [2.75, 3.05) is 12.0 Å². The van der Waals surface area contributed by atoms with Crippen molar-refractivity contribution in [1.29, 1.82) is 0 Å². The second-order valence-electron chi connectivity index (χ2n) is 6.13. The number of amides is 1. The summed E-state index contributed by atoms with van der Waals surface area (Å²) in [5.41, 5.74) is 2.43. The molecule has 2 aromatic carbocycles. The molecule has 5 heteroatoms. The first-order valence-corrected chi connectivity index (χ1v) is 8.28. The van der Waals surface area contributed by atoms with Gasteiger partial charge in [0.15, 0.2) is 0 Å². The van der Waals surface area contributed by atoms with Gasteiger partial charge in [0.1, 0.15) is 6.61 Å². The van der Waals surface area contributed by atoms with Crippen molar-refractivity contribution in [2.24, 2.45) is 0 Å². The second kappa shape index (κ2) is 7.38. The van der Waals surface area contributed by atoms with Crippen molar-refractivity contribution in [2.45, 2.75) is 31.9 Å².